The van der Waals surface area contributed by atoms with Crippen molar-refractivity contribution < 1.29 is 10.2 Å². The Morgan fingerprint density at radius 2 is 2.19 bits per heavy atom. The predicted octanol–water partition coefficient (Wildman–Crippen LogP) is 0.919. The SMILES string of the molecule is Oc1ccccc1NCC1(O)CCCNC1. The second-order valence-corrected chi connectivity index (χ2v) is 4.38. The normalized spacial score (nSPS) is 25.3. The molecular formula is C12H18N2O2. The van der Waals surface area contributed by atoms with Crippen LogP contribution in [-0.4, -0.2) is 35.4 Å². The Bertz CT molecular complexity index is 349. The molecule has 1 saturated heterocycles. The molecule has 1 unspecified atom stereocenters. The van der Waals surface area contributed by atoms with Gasteiger partial charge in [-0.2, -0.15) is 0 Å². The van der Waals surface area contributed by atoms with Crippen LogP contribution in [0.1, 0.15) is 12.8 Å². The van der Waals surface area contributed by atoms with Gasteiger partial charge in [-0.1, -0.05) is 12.1 Å². The van der Waals surface area contributed by atoms with E-state index in [0.29, 0.717) is 18.8 Å². The average Bonchev–Trinajstić information content (AvgIpc) is 2.29. The second kappa shape index (κ2) is 4.72. The first-order valence-electron chi connectivity index (χ1n) is 5.65. The Balaban J connectivity index is 1.94. The molecule has 1 aliphatic rings. The van der Waals surface area contributed by atoms with E-state index in [2.05, 4.69) is 10.6 Å². The number of phenolic OH excluding ortho intramolecular Hbond substituents is 1. The predicted molar refractivity (Wildman–Crippen MR) is 63.7 cm³/mol. The molecule has 0 aromatic heterocycles. The van der Waals surface area contributed by atoms with E-state index >= 15 is 0 Å². The zero-order valence-electron chi connectivity index (χ0n) is 9.24. The number of aliphatic hydroxyl groups is 1. The van der Waals surface area contributed by atoms with Crippen LogP contribution in [-0.2, 0) is 0 Å². The maximum atomic E-state index is 10.2. The molecule has 0 bridgehead atoms. The van der Waals surface area contributed by atoms with E-state index in [9.17, 15) is 10.2 Å². The van der Waals surface area contributed by atoms with Gasteiger partial charge in [-0.15, -0.1) is 0 Å². The summed E-state index contributed by atoms with van der Waals surface area (Å²) in [6, 6.07) is 7.06. The number of hydrogen-bond donors (Lipinski definition) is 4. The number of nitrogens with one attached hydrogen (secondary N) is 2. The van der Waals surface area contributed by atoms with Gasteiger partial charge in [-0.05, 0) is 31.5 Å². The van der Waals surface area contributed by atoms with Gasteiger partial charge in [0, 0.05) is 13.1 Å². The van der Waals surface area contributed by atoms with Crippen molar-refractivity contribution >= 4 is 5.69 Å². The number of phenols is 1. The van der Waals surface area contributed by atoms with E-state index < -0.39 is 5.60 Å². The highest BCUT2D eigenvalue weighted by Gasteiger charge is 2.28. The van der Waals surface area contributed by atoms with E-state index in [4.69, 9.17) is 0 Å². The van der Waals surface area contributed by atoms with Gasteiger partial charge in [0.2, 0.25) is 0 Å². The number of rotatable bonds is 3. The van der Waals surface area contributed by atoms with Crippen molar-refractivity contribution in [2.45, 2.75) is 18.4 Å². The Kier molecular flexibility index (Phi) is 3.31. The maximum Gasteiger partial charge on any atom is 0.138 e. The number of hydrogen-bond acceptors (Lipinski definition) is 4. The number of para-hydroxylation sites is 2. The van der Waals surface area contributed by atoms with E-state index in [-0.39, 0.29) is 5.75 Å². The minimum absolute atomic E-state index is 0.217. The summed E-state index contributed by atoms with van der Waals surface area (Å²) >= 11 is 0. The number of anilines is 1. The smallest absolute Gasteiger partial charge is 0.138 e. The van der Waals surface area contributed by atoms with Gasteiger partial charge in [0.25, 0.3) is 0 Å². The van der Waals surface area contributed by atoms with Crippen molar-refractivity contribution in [3.63, 3.8) is 0 Å². The highest BCUT2D eigenvalue weighted by Crippen LogP contribution is 2.23. The number of β-amino-alcohol motifs (C(OH)–C–C–N with tert-alkyl or cyclic N) is 1. The Hall–Kier alpha value is -1.26. The summed E-state index contributed by atoms with van der Waals surface area (Å²) < 4.78 is 0. The average molecular weight is 222 g/mol. The first kappa shape index (κ1) is 11.2. The highest BCUT2D eigenvalue weighted by molar-refractivity contribution is 5.55. The molecule has 4 heteroatoms. The molecule has 1 fully saturated rings. The van der Waals surface area contributed by atoms with Crippen molar-refractivity contribution in [1.29, 1.82) is 0 Å². The lowest BCUT2D eigenvalue weighted by atomic mass is 9.94. The summed E-state index contributed by atoms with van der Waals surface area (Å²) in [5.74, 6) is 0.217. The van der Waals surface area contributed by atoms with Crippen molar-refractivity contribution in [2.75, 3.05) is 25.0 Å². The fourth-order valence-corrected chi connectivity index (χ4v) is 1.99. The third kappa shape index (κ3) is 2.65. The van der Waals surface area contributed by atoms with Gasteiger partial charge >= 0.3 is 0 Å². The van der Waals surface area contributed by atoms with Crippen LogP contribution in [0, 0.1) is 0 Å². The van der Waals surface area contributed by atoms with Gasteiger partial charge in [-0.25, -0.2) is 0 Å². The second-order valence-electron chi connectivity index (χ2n) is 4.38. The Morgan fingerprint density at radius 3 is 2.88 bits per heavy atom. The molecule has 1 atom stereocenters. The first-order valence-corrected chi connectivity index (χ1v) is 5.65. The van der Waals surface area contributed by atoms with Gasteiger partial charge in [0.1, 0.15) is 5.75 Å². The van der Waals surface area contributed by atoms with E-state index in [1.165, 1.54) is 0 Å². The topological polar surface area (TPSA) is 64.5 Å². The highest BCUT2D eigenvalue weighted by atomic mass is 16.3. The fraction of sp³-hybridized carbons (Fsp3) is 0.500. The molecule has 0 radical (unpaired) electrons. The third-order valence-corrected chi connectivity index (χ3v) is 2.96. The molecule has 1 aromatic carbocycles. The fourth-order valence-electron chi connectivity index (χ4n) is 1.99. The largest absolute Gasteiger partial charge is 0.506 e. The van der Waals surface area contributed by atoms with Crippen LogP contribution in [0.15, 0.2) is 24.3 Å². The maximum absolute atomic E-state index is 10.2. The molecule has 0 spiro atoms. The Morgan fingerprint density at radius 1 is 1.38 bits per heavy atom. The molecule has 4 nitrogen and oxygen atoms in total. The lowest BCUT2D eigenvalue weighted by Crippen LogP contribution is -2.50. The summed E-state index contributed by atoms with van der Waals surface area (Å²) in [6.07, 6.45) is 1.78. The number of piperidine rings is 1. The third-order valence-electron chi connectivity index (χ3n) is 2.96. The van der Waals surface area contributed by atoms with E-state index in [1.54, 1.807) is 18.2 Å². The van der Waals surface area contributed by atoms with Crippen molar-refractivity contribution in [3.05, 3.63) is 24.3 Å². The molecule has 0 saturated carbocycles. The van der Waals surface area contributed by atoms with Crippen LogP contribution in [0.25, 0.3) is 0 Å². The van der Waals surface area contributed by atoms with Gasteiger partial charge < -0.3 is 20.8 Å². The Labute approximate surface area is 95.3 Å². The van der Waals surface area contributed by atoms with Gasteiger partial charge in [0.05, 0.1) is 11.3 Å². The molecule has 1 aromatic rings. The molecule has 1 aliphatic heterocycles. The zero-order chi connectivity index (χ0) is 11.4. The van der Waals surface area contributed by atoms with Crippen LogP contribution < -0.4 is 10.6 Å². The summed E-state index contributed by atoms with van der Waals surface area (Å²) in [5, 5.41) is 26.0. The lowest BCUT2D eigenvalue weighted by Gasteiger charge is -2.33. The molecule has 88 valence electrons. The minimum atomic E-state index is -0.708. The minimum Gasteiger partial charge on any atom is -0.506 e. The van der Waals surface area contributed by atoms with Crippen molar-refractivity contribution in [2.24, 2.45) is 0 Å². The van der Waals surface area contributed by atoms with Gasteiger partial charge in [0.15, 0.2) is 0 Å². The molecule has 1 heterocycles. The summed E-state index contributed by atoms with van der Waals surface area (Å²) in [5.41, 5.74) is -0.0398. The van der Waals surface area contributed by atoms with Crippen LogP contribution in [0.4, 0.5) is 5.69 Å². The standard InChI is InChI=1S/C12H18N2O2/c15-11-5-2-1-4-10(11)14-9-12(16)6-3-7-13-8-12/h1-2,4-5,13-16H,3,6-9H2. The quantitative estimate of drug-likeness (QED) is 0.574. The van der Waals surface area contributed by atoms with Crippen LogP contribution in [0.2, 0.25) is 0 Å². The first-order chi connectivity index (χ1) is 7.70. The van der Waals surface area contributed by atoms with Gasteiger partial charge in [-0.3, -0.25) is 0 Å². The van der Waals surface area contributed by atoms with Crippen LogP contribution in [0.3, 0.4) is 0 Å². The number of aromatic hydroxyl groups is 1. The zero-order valence-corrected chi connectivity index (χ0v) is 9.24. The molecule has 0 aliphatic carbocycles. The van der Waals surface area contributed by atoms with Crippen LogP contribution in [0.5, 0.6) is 5.75 Å². The molecule has 16 heavy (non-hydrogen) atoms. The van der Waals surface area contributed by atoms with Crippen molar-refractivity contribution in [1.82, 2.24) is 5.32 Å². The molecule has 2 rings (SSSR count). The summed E-state index contributed by atoms with van der Waals surface area (Å²) in [6.45, 7) is 2.03. The molecule has 4 N–H and O–H groups in total. The summed E-state index contributed by atoms with van der Waals surface area (Å²) in [4.78, 5) is 0. The summed E-state index contributed by atoms with van der Waals surface area (Å²) in [7, 11) is 0. The number of benzene rings is 1. The van der Waals surface area contributed by atoms with Crippen LogP contribution >= 0.6 is 0 Å². The lowest BCUT2D eigenvalue weighted by molar-refractivity contribution is 0.0292. The monoisotopic (exact) mass is 222 g/mol. The molecular weight excluding hydrogens is 204 g/mol. The van der Waals surface area contributed by atoms with E-state index in [0.717, 1.165) is 19.4 Å². The van der Waals surface area contributed by atoms with Crippen molar-refractivity contribution in [3.8, 4) is 5.75 Å². The molecule has 0 amide bonds. The van der Waals surface area contributed by atoms with E-state index in [1.807, 2.05) is 6.07 Å².